The molecule has 2 aromatic rings. The lowest BCUT2D eigenvalue weighted by Crippen LogP contribution is -2.37. The molecule has 0 bridgehead atoms. The lowest BCUT2D eigenvalue weighted by molar-refractivity contribution is -0.116. The highest BCUT2D eigenvalue weighted by Crippen LogP contribution is 2.29. The van der Waals surface area contributed by atoms with Crippen LogP contribution >= 0.6 is 34.8 Å². The van der Waals surface area contributed by atoms with Crippen LogP contribution in [0.5, 0.6) is 0 Å². The van der Waals surface area contributed by atoms with Crippen LogP contribution in [0.25, 0.3) is 0 Å². The van der Waals surface area contributed by atoms with Crippen LogP contribution < -0.4 is 5.32 Å². The number of benzene rings is 2. The molecule has 3 amide bonds. The molecule has 0 radical (unpaired) electrons. The van der Waals surface area contributed by atoms with E-state index in [1.165, 1.54) is 24.3 Å². The number of nitrogens with zero attached hydrogens (tertiary/aromatic N) is 1. The van der Waals surface area contributed by atoms with E-state index in [9.17, 15) is 14.4 Å². The van der Waals surface area contributed by atoms with E-state index in [1.807, 2.05) is 0 Å². The van der Waals surface area contributed by atoms with Gasteiger partial charge in [-0.3, -0.25) is 19.3 Å². The average Bonchev–Trinajstić information content (AvgIpc) is 2.76. The molecule has 8 heteroatoms. The number of anilines is 1. The average molecular weight is 384 g/mol. The molecule has 1 aliphatic heterocycles. The van der Waals surface area contributed by atoms with E-state index in [0.29, 0.717) is 10.7 Å². The van der Waals surface area contributed by atoms with Crippen LogP contribution in [0.4, 0.5) is 5.69 Å². The predicted molar refractivity (Wildman–Crippen MR) is 91.9 cm³/mol. The number of amides is 3. The zero-order chi connectivity index (χ0) is 17.4. The van der Waals surface area contributed by atoms with Crippen molar-refractivity contribution in [3.63, 3.8) is 0 Å². The predicted octanol–water partition coefficient (Wildman–Crippen LogP) is 3.88. The third-order valence-corrected chi connectivity index (χ3v) is 4.32. The third-order valence-electron chi connectivity index (χ3n) is 3.46. The topological polar surface area (TPSA) is 66.5 Å². The molecule has 24 heavy (non-hydrogen) atoms. The molecule has 0 spiro atoms. The molecule has 0 atom stereocenters. The minimum Gasteiger partial charge on any atom is -0.323 e. The first-order valence-corrected chi connectivity index (χ1v) is 7.91. The van der Waals surface area contributed by atoms with Gasteiger partial charge in [-0.05, 0) is 30.3 Å². The highest BCUT2D eigenvalue weighted by Gasteiger charge is 2.38. The van der Waals surface area contributed by atoms with Crippen molar-refractivity contribution in [2.75, 3.05) is 11.9 Å². The molecule has 0 aromatic heterocycles. The fourth-order valence-electron chi connectivity index (χ4n) is 2.36. The summed E-state index contributed by atoms with van der Waals surface area (Å²) >= 11 is 17.7. The van der Waals surface area contributed by atoms with Crippen molar-refractivity contribution in [2.24, 2.45) is 0 Å². The Hall–Kier alpha value is -2.08. The van der Waals surface area contributed by atoms with Gasteiger partial charge >= 0.3 is 0 Å². The maximum Gasteiger partial charge on any atom is 0.263 e. The Labute approximate surface area is 152 Å². The Balaban J connectivity index is 1.77. The molecule has 3 rings (SSSR count). The molecule has 0 saturated carbocycles. The fourth-order valence-corrected chi connectivity index (χ4v) is 3.07. The van der Waals surface area contributed by atoms with Crippen LogP contribution in [0.3, 0.4) is 0 Å². The Morgan fingerprint density at radius 2 is 1.75 bits per heavy atom. The molecule has 5 nitrogen and oxygen atoms in total. The molecule has 1 heterocycles. The summed E-state index contributed by atoms with van der Waals surface area (Å²) < 4.78 is 0. The molecule has 0 fully saturated rings. The number of nitrogens with one attached hydrogen (secondary N) is 1. The second kappa shape index (κ2) is 6.43. The number of carbonyl (C=O) groups is 3. The van der Waals surface area contributed by atoms with Crippen molar-refractivity contribution in [3.8, 4) is 0 Å². The second-order valence-electron chi connectivity index (χ2n) is 5.03. The van der Waals surface area contributed by atoms with Crippen molar-refractivity contribution < 1.29 is 14.4 Å². The number of imide groups is 1. The third kappa shape index (κ3) is 2.98. The lowest BCUT2D eigenvalue weighted by Gasteiger charge is -2.14. The van der Waals surface area contributed by atoms with Gasteiger partial charge in [0, 0.05) is 5.02 Å². The van der Waals surface area contributed by atoms with E-state index in [2.05, 4.69) is 5.32 Å². The minimum absolute atomic E-state index is 0.112. The maximum atomic E-state index is 12.3. The van der Waals surface area contributed by atoms with E-state index >= 15 is 0 Å². The Kier molecular flexibility index (Phi) is 4.49. The van der Waals surface area contributed by atoms with Crippen molar-refractivity contribution >= 4 is 58.2 Å². The number of halogens is 3. The van der Waals surface area contributed by atoms with Gasteiger partial charge in [0.05, 0.1) is 26.9 Å². The van der Waals surface area contributed by atoms with Crippen LogP contribution in [-0.2, 0) is 4.79 Å². The summed E-state index contributed by atoms with van der Waals surface area (Å²) in [5.41, 5.74) is 0.632. The number of rotatable bonds is 3. The molecular formula is C16H9Cl3N2O3. The Morgan fingerprint density at radius 3 is 2.42 bits per heavy atom. The molecule has 0 unspecified atom stereocenters. The van der Waals surface area contributed by atoms with Crippen LogP contribution in [0, 0.1) is 0 Å². The van der Waals surface area contributed by atoms with Crippen molar-refractivity contribution in [1.29, 1.82) is 0 Å². The van der Waals surface area contributed by atoms with Crippen LogP contribution in [-0.4, -0.2) is 29.2 Å². The van der Waals surface area contributed by atoms with Crippen LogP contribution in [0.2, 0.25) is 15.1 Å². The number of hydrogen-bond acceptors (Lipinski definition) is 3. The molecule has 0 aliphatic carbocycles. The first-order valence-electron chi connectivity index (χ1n) is 6.78. The quantitative estimate of drug-likeness (QED) is 0.818. The summed E-state index contributed by atoms with van der Waals surface area (Å²) in [6.07, 6.45) is 0. The van der Waals surface area contributed by atoms with Gasteiger partial charge in [-0.1, -0.05) is 40.9 Å². The zero-order valence-corrected chi connectivity index (χ0v) is 14.2. The fraction of sp³-hybridized carbons (Fsp3) is 0.0625. The van der Waals surface area contributed by atoms with Gasteiger partial charge in [-0.15, -0.1) is 0 Å². The molecule has 1 aliphatic rings. The number of hydrogen-bond donors (Lipinski definition) is 1. The van der Waals surface area contributed by atoms with Crippen molar-refractivity contribution in [1.82, 2.24) is 4.90 Å². The SMILES string of the molecule is O=C(CN1C(=O)c2cccc(Cl)c2C1=O)Nc1ccc(Cl)cc1Cl. The summed E-state index contributed by atoms with van der Waals surface area (Å²) in [5.74, 6) is -1.72. The largest absolute Gasteiger partial charge is 0.323 e. The summed E-state index contributed by atoms with van der Waals surface area (Å²) in [6, 6.07) is 9.15. The second-order valence-corrected chi connectivity index (χ2v) is 6.28. The smallest absolute Gasteiger partial charge is 0.263 e. The standard InChI is InChI=1S/C16H9Cl3N2O3/c17-8-4-5-12(11(19)6-8)20-13(22)7-21-15(23)9-2-1-3-10(18)14(9)16(21)24/h1-6H,7H2,(H,20,22). The number of carbonyl (C=O) groups excluding carboxylic acids is 3. The van der Waals surface area contributed by atoms with E-state index in [-0.39, 0.29) is 21.2 Å². The summed E-state index contributed by atoms with van der Waals surface area (Å²) in [7, 11) is 0. The first kappa shape index (κ1) is 16.8. The summed E-state index contributed by atoms with van der Waals surface area (Å²) in [5, 5.41) is 3.39. The highest BCUT2D eigenvalue weighted by atomic mass is 35.5. The molecular weight excluding hydrogens is 375 g/mol. The maximum absolute atomic E-state index is 12.3. The Bertz CT molecular complexity index is 883. The van der Waals surface area contributed by atoms with Crippen LogP contribution in [0.15, 0.2) is 36.4 Å². The zero-order valence-electron chi connectivity index (χ0n) is 12.0. The Morgan fingerprint density at radius 1 is 1.00 bits per heavy atom. The summed E-state index contributed by atoms with van der Waals surface area (Å²) in [4.78, 5) is 37.6. The van der Waals surface area contributed by atoms with Gasteiger partial charge in [-0.25, -0.2) is 0 Å². The van der Waals surface area contributed by atoms with E-state index in [4.69, 9.17) is 34.8 Å². The van der Waals surface area contributed by atoms with Gasteiger partial charge < -0.3 is 5.32 Å². The highest BCUT2D eigenvalue weighted by molar-refractivity contribution is 6.38. The van der Waals surface area contributed by atoms with Gasteiger partial charge in [0.25, 0.3) is 11.8 Å². The van der Waals surface area contributed by atoms with Crippen molar-refractivity contribution in [3.05, 3.63) is 62.6 Å². The molecule has 0 saturated heterocycles. The first-order chi connectivity index (χ1) is 11.4. The van der Waals surface area contributed by atoms with Crippen molar-refractivity contribution in [2.45, 2.75) is 0 Å². The molecule has 2 aromatic carbocycles. The molecule has 122 valence electrons. The van der Waals surface area contributed by atoms with Crippen LogP contribution in [0.1, 0.15) is 20.7 Å². The van der Waals surface area contributed by atoms with Gasteiger partial charge in [0.1, 0.15) is 6.54 Å². The van der Waals surface area contributed by atoms with E-state index in [0.717, 1.165) is 4.90 Å². The monoisotopic (exact) mass is 382 g/mol. The van der Waals surface area contributed by atoms with Gasteiger partial charge in [0.2, 0.25) is 5.91 Å². The summed E-state index contributed by atoms with van der Waals surface area (Å²) in [6.45, 7) is -0.443. The van der Waals surface area contributed by atoms with E-state index < -0.39 is 24.3 Å². The van der Waals surface area contributed by atoms with Gasteiger partial charge in [0.15, 0.2) is 0 Å². The number of fused-ring (bicyclic) bond motifs is 1. The normalized spacial score (nSPS) is 13.2. The lowest BCUT2D eigenvalue weighted by atomic mass is 10.1. The minimum atomic E-state index is -0.599. The molecule has 1 N–H and O–H groups in total. The van der Waals surface area contributed by atoms with Gasteiger partial charge in [-0.2, -0.15) is 0 Å². The van der Waals surface area contributed by atoms with E-state index in [1.54, 1.807) is 12.1 Å².